The SMILES string of the molecule is CC(C)(C)OC(=O)N1CCC(F)(CNc2cc(N(Cc3ccc(-c4ccccn4)cc3)C(=O)OC(C)(C)C)n3ncc(C4CC4)c3n2)CC1. The van der Waals surface area contributed by atoms with Crippen LogP contribution >= 0.6 is 0 Å². The number of anilines is 2. The van der Waals surface area contributed by atoms with Crippen LogP contribution in [0.1, 0.15) is 84.3 Å². The van der Waals surface area contributed by atoms with Crippen molar-refractivity contribution in [3.63, 3.8) is 0 Å². The predicted molar refractivity (Wildman–Crippen MR) is 186 cm³/mol. The molecule has 49 heavy (non-hydrogen) atoms. The van der Waals surface area contributed by atoms with Crippen LogP contribution < -0.4 is 10.2 Å². The molecule has 0 unspecified atom stereocenters. The van der Waals surface area contributed by atoms with Gasteiger partial charge in [0.15, 0.2) is 5.65 Å². The molecule has 1 N–H and O–H groups in total. The number of carbonyl (C=O) groups is 2. The lowest BCUT2D eigenvalue weighted by Crippen LogP contribution is -2.48. The second kappa shape index (κ2) is 13.3. The van der Waals surface area contributed by atoms with Crippen LogP contribution in [0.5, 0.6) is 0 Å². The van der Waals surface area contributed by atoms with Gasteiger partial charge in [-0.05, 0) is 78.0 Å². The number of fused-ring (bicyclic) bond motifs is 1. The summed E-state index contributed by atoms with van der Waals surface area (Å²) in [5.41, 5.74) is 1.38. The molecular weight excluding hydrogens is 625 g/mol. The van der Waals surface area contributed by atoms with Crippen LogP contribution in [0.3, 0.4) is 0 Å². The summed E-state index contributed by atoms with van der Waals surface area (Å²) in [7, 11) is 0. The molecule has 0 spiro atoms. The first kappa shape index (κ1) is 34.1. The molecule has 11 nitrogen and oxygen atoms in total. The van der Waals surface area contributed by atoms with Crippen LogP contribution in [0.25, 0.3) is 16.9 Å². The molecule has 1 saturated carbocycles. The molecule has 260 valence electrons. The Morgan fingerprint density at radius 3 is 2.31 bits per heavy atom. The number of pyridine rings is 1. The van der Waals surface area contributed by atoms with Crippen molar-refractivity contribution in [1.29, 1.82) is 0 Å². The van der Waals surface area contributed by atoms with E-state index in [1.807, 2.05) is 90.2 Å². The van der Waals surface area contributed by atoms with Gasteiger partial charge in [-0.2, -0.15) is 9.61 Å². The molecule has 0 atom stereocenters. The lowest BCUT2D eigenvalue weighted by atomic mass is 9.93. The Hall–Kier alpha value is -4.74. The number of ether oxygens (including phenoxy) is 2. The van der Waals surface area contributed by atoms with Gasteiger partial charge in [-0.15, -0.1) is 0 Å². The Morgan fingerprint density at radius 2 is 1.69 bits per heavy atom. The number of halogens is 1. The van der Waals surface area contributed by atoms with Crippen molar-refractivity contribution in [3.8, 4) is 11.3 Å². The third-order valence-electron chi connectivity index (χ3n) is 8.54. The van der Waals surface area contributed by atoms with Crippen LogP contribution in [-0.4, -0.2) is 73.2 Å². The van der Waals surface area contributed by atoms with Crippen molar-refractivity contribution >= 4 is 29.5 Å². The highest BCUT2D eigenvalue weighted by Crippen LogP contribution is 2.42. The summed E-state index contributed by atoms with van der Waals surface area (Å²) in [6.07, 6.45) is 4.99. The first-order valence-corrected chi connectivity index (χ1v) is 17.0. The second-order valence-corrected chi connectivity index (χ2v) is 15.1. The van der Waals surface area contributed by atoms with Crippen molar-refractivity contribution < 1.29 is 23.5 Å². The average molecular weight is 672 g/mol. The number of piperidine rings is 1. The zero-order valence-corrected chi connectivity index (χ0v) is 29.2. The Morgan fingerprint density at radius 1 is 1.00 bits per heavy atom. The molecule has 1 aliphatic carbocycles. The normalized spacial score (nSPS) is 16.3. The van der Waals surface area contributed by atoms with Gasteiger partial charge in [0.05, 0.1) is 25.0 Å². The smallest absolute Gasteiger partial charge is 0.416 e. The molecule has 4 aromatic rings. The minimum atomic E-state index is -1.56. The zero-order valence-electron chi connectivity index (χ0n) is 29.2. The maximum absolute atomic E-state index is 16.1. The van der Waals surface area contributed by atoms with E-state index in [1.54, 1.807) is 26.6 Å². The zero-order chi connectivity index (χ0) is 35.0. The first-order chi connectivity index (χ1) is 23.2. The number of nitrogens with zero attached hydrogens (tertiary/aromatic N) is 6. The summed E-state index contributed by atoms with van der Waals surface area (Å²) in [6.45, 7) is 11.6. The van der Waals surface area contributed by atoms with E-state index in [9.17, 15) is 9.59 Å². The molecule has 6 rings (SSSR count). The van der Waals surface area contributed by atoms with Gasteiger partial charge in [-0.3, -0.25) is 9.88 Å². The van der Waals surface area contributed by atoms with Crippen LogP contribution in [0.4, 0.5) is 25.6 Å². The number of hydrogen-bond acceptors (Lipinski definition) is 8. The Labute approximate surface area is 286 Å². The first-order valence-electron chi connectivity index (χ1n) is 17.0. The standard InChI is InChI=1S/C37H46FN7O4/c1-35(2,3)48-33(46)43-19-16-37(38,17-20-43)24-40-30-21-31(45-32(42-30)28(22-41-45)26-14-15-26)44(34(47)49-36(4,5)6)23-25-10-12-27(13-11-25)29-9-7-8-18-39-29/h7-13,18,21-22,26H,14-17,19-20,23-24H2,1-6H3,(H,40,42). The van der Waals surface area contributed by atoms with Gasteiger partial charge in [-0.25, -0.2) is 19.0 Å². The van der Waals surface area contributed by atoms with Crippen molar-refractivity contribution in [2.45, 2.75) is 96.6 Å². The lowest BCUT2D eigenvalue weighted by Gasteiger charge is -2.37. The molecule has 1 aromatic carbocycles. The maximum Gasteiger partial charge on any atom is 0.416 e. The minimum Gasteiger partial charge on any atom is -0.444 e. The highest BCUT2D eigenvalue weighted by molar-refractivity contribution is 5.88. The van der Waals surface area contributed by atoms with E-state index in [0.717, 1.165) is 35.2 Å². The topological polar surface area (TPSA) is 114 Å². The number of nitrogens with one attached hydrogen (secondary N) is 1. The highest BCUT2D eigenvalue weighted by atomic mass is 19.1. The number of amides is 2. The van der Waals surface area contributed by atoms with Gasteiger partial charge in [0, 0.05) is 49.3 Å². The molecule has 12 heteroatoms. The molecule has 1 saturated heterocycles. The molecular formula is C37H46FN7O4. The number of carbonyl (C=O) groups excluding carboxylic acids is 2. The third kappa shape index (κ3) is 8.47. The van der Waals surface area contributed by atoms with E-state index in [1.165, 1.54) is 0 Å². The summed E-state index contributed by atoms with van der Waals surface area (Å²) in [6, 6.07) is 15.4. The van der Waals surface area contributed by atoms with Gasteiger partial charge < -0.3 is 19.7 Å². The van der Waals surface area contributed by atoms with Crippen molar-refractivity contribution in [2.75, 3.05) is 29.9 Å². The number of hydrogen-bond donors (Lipinski definition) is 1. The summed E-state index contributed by atoms with van der Waals surface area (Å²) < 4.78 is 29.2. The lowest BCUT2D eigenvalue weighted by molar-refractivity contribution is 0.00571. The Kier molecular flexibility index (Phi) is 9.25. The molecule has 3 aromatic heterocycles. The van der Waals surface area contributed by atoms with Crippen molar-refractivity contribution in [3.05, 3.63) is 72.1 Å². The fraction of sp³-hybridized carbons (Fsp3) is 0.486. The number of likely N-dealkylation sites (tertiary alicyclic amines) is 1. The van der Waals surface area contributed by atoms with Crippen molar-refractivity contribution in [2.24, 2.45) is 0 Å². The van der Waals surface area contributed by atoms with Gasteiger partial charge >= 0.3 is 12.2 Å². The molecule has 2 amide bonds. The third-order valence-corrected chi connectivity index (χ3v) is 8.54. The quantitative estimate of drug-likeness (QED) is 0.202. The Bertz CT molecular complexity index is 1790. The van der Waals surface area contributed by atoms with E-state index in [4.69, 9.17) is 14.5 Å². The number of benzene rings is 1. The van der Waals surface area contributed by atoms with Gasteiger partial charge in [0.25, 0.3) is 0 Å². The predicted octanol–water partition coefficient (Wildman–Crippen LogP) is 7.76. The van der Waals surface area contributed by atoms with Gasteiger partial charge in [0.1, 0.15) is 28.5 Å². The molecule has 4 heterocycles. The summed E-state index contributed by atoms with van der Waals surface area (Å²) in [4.78, 5) is 38.9. The van der Waals surface area contributed by atoms with E-state index >= 15 is 4.39 Å². The molecule has 2 aliphatic rings. The van der Waals surface area contributed by atoms with E-state index in [-0.39, 0.29) is 39.0 Å². The number of aromatic nitrogens is 4. The average Bonchev–Trinajstić information content (AvgIpc) is 3.80. The van der Waals surface area contributed by atoms with Gasteiger partial charge in [-0.1, -0.05) is 30.3 Å². The minimum absolute atomic E-state index is 0.00785. The molecule has 0 radical (unpaired) electrons. The number of alkyl halides is 1. The molecule has 0 bridgehead atoms. The fourth-order valence-corrected chi connectivity index (χ4v) is 5.82. The van der Waals surface area contributed by atoms with Crippen molar-refractivity contribution in [1.82, 2.24) is 24.5 Å². The summed E-state index contributed by atoms with van der Waals surface area (Å²) >= 11 is 0. The second-order valence-electron chi connectivity index (χ2n) is 15.1. The van der Waals surface area contributed by atoms with Crippen LogP contribution in [0.2, 0.25) is 0 Å². The van der Waals surface area contributed by atoms with E-state index < -0.39 is 29.1 Å². The summed E-state index contributed by atoms with van der Waals surface area (Å²) in [5.74, 6) is 1.22. The molecule has 1 aliphatic heterocycles. The highest BCUT2D eigenvalue weighted by Gasteiger charge is 2.38. The van der Waals surface area contributed by atoms with Gasteiger partial charge in [0.2, 0.25) is 0 Å². The largest absolute Gasteiger partial charge is 0.444 e. The van der Waals surface area contributed by atoms with E-state index in [0.29, 0.717) is 23.2 Å². The fourth-order valence-electron chi connectivity index (χ4n) is 5.82. The molecule has 2 fully saturated rings. The maximum atomic E-state index is 16.1. The number of rotatable bonds is 8. The van der Waals surface area contributed by atoms with Crippen LogP contribution in [0.15, 0.2) is 60.9 Å². The Balaban J connectivity index is 1.28. The van der Waals surface area contributed by atoms with E-state index in [2.05, 4.69) is 15.4 Å². The monoisotopic (exact) mass is 671 g/mol. The summed E-state index contributed by atoms with van der Waals surface area (Å²) in [5, 5.41) is 7.91. The van der Waals surface area contributed by atoms with Crippen LogP contribution in [0, 0.1) is 0 Å². The van der Waals surface area contributed by atoms with Crippen LogP contribution in [-0.2, 0) is 16.0 Å².